The van der Waals surface area contributed by atoms with Crippen LogP contribution in [0.2, 0.25) is 0 Å². The lowest BCUT2D eigenvalue weighted by Gasteiger charge is -2.30. The maximum atomic E-state index is 13.2. The first-order valence-electron chi connectivity index (χ1n) is 12.6. The summed E-state index contributed by atoms with van der Waals surface area (Å²) in [6.45, 7) is 2.85. The Balaban J connectivity index is 1.36. The van der Waals surface area contributed by atoms with Crippen LogP contribution in [-0.4, -0.2) is 44.0 Å². The van der Waals surface area contributed by atoms with E-state index < -0.39 is 15.9 Å². The molecule has 0 aliphatic carbocycles. The Morgan fingerprint density at radius 1 is 1.00 bits per heavy atom. The van der Waals surface area contributed by atoms with Gasteiger partial charge in [0.15, 0.2) is 5.78 Å². The van der Waals surface area contributed by atoms with Crippen molar-refractivity contribution >= 4 is 44.1 Å². The molecule has 2 heterocycles. The third kappa shape index (κ3) is 5.34. The normalized spacial score (nSPS) is 16.3. The van der Waals surface area contributed by atoms with E-state index in [-0.39, 0.29) is 28.5 Å². The molecule has 38 heavy (non-hydrogen) atoms. The van der Waals surface area contributed by atoms with Gasteiger partial charge in [-0.1, -0.05) is 49.4 Å². The first-order chi connectivity index (χ1) is 18.3. The molecule has 1 aliphatic heterocycles. The SMILES string of the molecule is CC1CCCN(S(=O)(=O)c2cccc(C(=O)CNc3c(C(=O)Nc4ccccc4)oc4ccccc34)c2)C1. The lowest BCUT2D eigenvalue weighted by Crippen LogP contribution is -2.39. The first kappa shape index (κ1) is 25.7. The number of para-hydroxylation sites is 2. The fourth-order valence-electron chi connectivity index (χ4n) is 4.70. The van der Waals surface area contributed by atoms with E-state index in [1.54, 1.807) is 42.5 Å². The van der Waals surface area contributed by atoms with E-state index >= 15 is 0 Å². The van der Waals surface area contributed by atoms with Gasteiger partial charge >= 0.3 is 0 Å². The number of Topliss-reactive ketones (excluding diaryl/α,β-unsaturated/α-hetero) is 1. The van der Waals surface area contributed by atoms with Crippen LogP contribution in [0.3, 0.4) is 0 Å². The molecule has 1 fully saturated rings. The van der Waals surface area contributed by atoms with Crippen molar-refractivity contribution in [1.29, 1.82) is 0 Å². The summed E-state index contributed by atoms with van der Waals surface area (Å²) in [4.78, 5) is 26.3. The number of furan rings is 1. The number of sulfonamides is 1. The molecule has 196 valence electrons. The summed E-state index contributed by atoms with van der Waals surface area (Å²) < 4.78 is 33.8. The lowest BCUT2D eigenvalue weighted by molar-refractivity contribution is 0.0990. The monoisotopic (exact) mass is 531 g/mol. The molecule has 4 aromatic rings. The largest absolute Gasteiger partial charge is 0.449 e. The number of carbonyl (C=O) groups is 2. The maximum absolute atomic E-state index is 13.2. The number of ketones is 1. The van der Waals surface area contributed by atoms with Crippen molar-refractivity contribution in [2.45, 2.75) is 24.7 Å². The van der Waals surface area contributed by atoms with Gasteiger partial charge in [0, 0.05) is 29.7 Å². The van der Waals surface area contributed by atoms with Gasteiger partial charge in [-0.2, -0.15) is 4.31 Å². The van der Waals surface area contributed by atoms with E-state index in [9.17, 15) is 18.0 Å². The summed E-state index contributed by atoms with van der Waals surface area (Å²) in [5.41, 5.74) is 1.78. The molecule has 0 saturated carbocycles. The van der Waals surface area contributed by atoms with E-state index in [1.165, 1.54) is 16.4 Å². The van der Waals surface area contributed by atoms with E-state index in [4.69, 9.17) is 4.42 Å². The fraction of sp³-hybridized carbons (Fsp3) is 0.241. The molecule has 1 unspecified atom stereocenters. The number of anilines is 2. The standard InChI is InChI=1S/C29H29N3O5S/c1-20-9-8-16-32(19-20)38(35,36)23-13-7-10-21(17-23)25(33)18-30-27-24-14-5-6-15-26(24)37-28(27)29(34)31-22-11-3-2-4-12-22/h2-7,10-15,17,20,30H,8-9,16,18-19H2,1H3,(H,31,34). The predicted octanol–water partition coefficient (Wildman–Crippen LogP) is 5.40. The van der Waals surface area contributed by atoms with E-state index in [1.807, 2.05) is 31.2 Å². The Morgan fingerprint density at radius 2 is 1.76 bits per heavy atom. The molecule has 0 spiro atoms. The van der Waals surface area contributed by atoms with Gasteiger partial charge in [0.1, 0.15) is 5.58 Å². The summed E-state index contributed by atoms with van der Waals surface area (Å²) in [6.07, 6.45) is 1.83. The Morgan fingerprint density at radius 3 is 2.55 bits per heavy atom. The number of piperidine rings is 1. The predicted molar refractivity (Wildman–Crippen MR) is 147 cm³/mol. The molecule has 1 saturated heterocycles. The third-order valence-corrected chi connectivity index (χ3v) is 8.53. The summed E-state index contributed by atoms with van der Waals surface area (Å²) in [6, 6.07) is 22.3. The van der Waals surface area contributed by atoms with Crippen LogP contribution in [0.4, 0.5) is 11.4 Å². The zero-order valence-corrected chi connectivity index (χ0v) is 21.8. The molecule has 1 aliphatic rings. The molecule has 3 aromatic carbocycles. The number of fused-ring (bicyclic) bond motifs is 1. The van der Waals surface area contributed by atoms with Crippen LogP contribution in [0.25, 0.3) is 11.0 Å². The van der Waals surface area contributed by atoms with E-state index in [2.05, 4.69) is 10.6 Å². The van der Waals surface area contributed by atoms with Crippen molar-refractivity contribution in [3.05, 3.63) is 90.2 Å². The van der Waals surface area contributed by atoms with Gasteiger partial charge in [-0.15, -0.1) is 0 Å². The number of nitrogens with zero attached hydrogens (tertiary/aromatic N) is 1. The van der Waals surface area contributed by atoms with Crippen LogP contribution >= 0.6 is 0 Å². The zero-order valence-electron chi connectivity index (χ0n) is 21.0. The van der Waals surface area contributed by atoms with Crippen LogP contribution in [-0.2, 0) is 10.0 Å². The van der Waals surface area contributed by atoms with Crippen LogP contribution < -0.4 is 10.6 Å². The molecule has 5 rings (SSSR count). The van der Waals surface area contributed by atoms with Crippen molar-refractivity contribution in [2.75, 3.05) is 30.3 Å². The van der Waals surface area contributed by atoms with Gasteiger partial charge in [-0.05, 0) is 55.2 Å². The molecule has 2 N–H and O–H groups in total. The molecule has 1 aromatic heterocycles. The number of hydrogen-bond acceptors (Lipinski definition) is 6. The second-order valence-corrected chi connectivity index (χ2v) is 11.5. The van der Waals surface area contributed by atoms with Gasteiger partial charge in [0.2, 0.25) is 15.8 Å². The quantitative estimate of drug-likeness (QED) is 0.295. The molecule has 1 atom stereocenters. The van der Waals surface area contributed by atoms with Crippen molar-refractivity contribution in [1.82, 2.24) is 4.31 Å². The van der Waals surface area contributed by atoms with Crippen molar-refractivity contribution in [3.63, 3.8) is 0 Å². The van der Waals surface area contributed by atoms with Gasteiger partial charge in [-0.25, -0.2) is 8.42 Å². The van der Waals surface area contributed by atoms with E-state index in [0.717, 1.165) is 12.8 Å². The average Bonchev–Trinajstić information content (AvgIpc) is 3.31. The number of nitrogens with one attached hydrogen (secondary N) is 2. The molecule has 9 heteroatoms. The lowest BCUT2D eigenvalue weighted by atomic mass is 10.0. The Labute approximate surface area is 221 Å². The smallest absolute Gasteiger partial charge is 0.293 e. The highest BCUT2D eigenvalue weighted by Crippen LogP contribution is 2.32. The molecule has 1 amide bonds. The third-order valence-electron chi connectivity index (χ3n) is 6.67. The van der Waals surface area contributed by atoms with Crippen LogP contribution in [0, 0.1) is 5.92 Å². The van der Waals surface area contributed by atoms with Crippen molar-refractivity contribution in [2.24, 2.45) is 5.92 Å². The number of hydrogen-bond donors (Lipinski definition) is 2. The van der Waals surface area contributed by atoms with Crippen molar-refractivity contribution < 1.29 is 22.4 Å². The summed E-state index contributed by atoms with van der Waals surface area (Å²) in [7, 11) is -3.69. The van der Waals surface area contributed by atoms with E-state index in [0.29, 0.717) is 41.4 Å². The highest BCUT2D eigenvalue weighted by atomic mass is 32.2. The van der Waals surface area contributed by atoms with Gasteiger partial charge in [0.05, 0.1) is 17.1 Å². The number of benzene rings is 3. The summed E-state index contributed by atoms with van der Waals surface area (Å²) in [5, 5.41) is 6.53. The van der Waals surface area contributed by atoms with Crippen LogP contribution in [0.15, 0.2) is 88.2 Å². The minimum Gasteiger partial charge on any atom is -0.449 e. The van der Waals surface area contributed by atoms with Gasteiger partial charge in [0.25, 0.3) is 5.91 Å². The number of amides is 1. The Bertz CT molecular complexity index is 1580. The fourth-order valence-corrected chi connectivity index (χ4v) is 6.35. The highest BCUT2D eigenvalue weighted by molar-refractivity contribution is 7.89. The molecular formula is C29H29N3O5S. The van der Waals surface area contributed by atoms with Gasteiger partial charge in [-0.3, -0.25) is 9.59 Å². The Kier molecular flexibility index (Phi) is 7.31. The molecular weight excluding hydrogens is 502 g/mol. The minimum atomic E-state index is -3.69. The second-order valence-electron chi connectivity index (χ2n) is 9.54. The molecule has 0 bridgehead atoms. The summed E-state index contributed by atoms with van der Waals surface area (Å²) >= 11 is 0. The number of carbonyl (C=O) groups excluding carboxylic acids is 2. The Hall–Kier alpha value is -3.95. The topological polar surface area (TPSA) is 109 Å². The van der Waals surface area contributed by atoms with Crippen LogP contribution in [0.1, 0.15) is 40.7 Å². The van der Waals surface area contributed by atoms with Crippen molar-refractivity contribution in [3.8, 4) is 0 Å². The average molecular weight is 532 g/mol. The van der Waals surface area contributed by atoms with Crippen LogP contribution in [0.5, 0.6) is 0 Å². The maximum Gasteiger partial charge on any atom is 0.293 e. The van der Waals surface area contributed by atoms with Gasteiger partial charge < -0.3 is 15.1 Å². The zero-order chi connectivity index (χ0) is 26.7. The summed E-state index contributed by atoms with van der Waals surface area (Å²) in [5.74, 6) is -0.413. The number of rotatable bonds is 8. The highest BCUT2D eigenvalue weighted by Gasteiger charge is 2.29. The molecule has 8 nitrogen and oxygen atoms in total. The minimum absolute atomic E-state index is 0.0541. The first-order valence-corrected chi connectivity index (χ1v) is 14.0. The second kappa shape index (κ2) is 10.8. The molecule has 0 radical (unpaired) electrons.